The zero-order chi connectivity index (χ0) is 16.2. The van der Waals surface area contributed by atoms with Gasteiger partial charge >= 0.3 is 6.09 Å². The Balaban J connectivity index is 2.24. The zero-order valence-electron chi connectivity index (χ0n) is 13.8. The SMILES string of the molecule is CCCCCC(=O)N1CCC[C@H]1OC(=O)NCCCCCN. The summed E-state index contributed by atoms with van der Waals surface area (Å²) in [6.45, 7) is 4.08. The number of likely N-dealkylation sites (tertiary alicyclic amines) is 1. The normalized spacial score (nSPS) is 17.5. The Morgan fingerprint density at radius 3 is 2.77 bits per heavy atom. The average molecular weight is 313 g/mol. The summed E-state index contributed by atoms with van der Waals surface area (Å²) in [5, 5.41) is 2.74. The Labute approximate surface area is 133 Å². The molecule has 1 heterocycles. The first kappa shape index (κ1) is 18.7. The second-order valence-corrected chi connectivity index (χ2v) is 5.82. The number of hydrogen-bond acceptors (Lipinski definition) is 4. The number of hydrogen-bond donors (Lipinski definition) is 2. The molecule has 6 nitrogen and oxygen atoms in total. The van der Waals surface area contributed by atoms with Gasteiger partial charge in [0.15, 0.2) is 6.23 Å². The van der Waals surface area contributed by atoms with Gasteiger partial charge in [-0.15, -0.1) is 0 Å². The minimum Gasteiger partial charge on any atom is -0.425 e. The predicted octanol–water partition coefficient (Wildman–Crippen LogP) is 2.37. The van der Waals surface area contributed by atoms with Crippen LogP contribution in [0.1, 0.15) is 64.7 Å². The molecule has 0 radical (unpaired) electrons. The molecule has 1 atom stereocenters. The van der Waals surface area contributed by atoms with Gasteiger partial charge in [0.05, 0.1) is 0 Å². The maximum absolute atomic E-state index is 12.1. The van der Waals surface area contributed by atoms with E-state index in [1.54, 1.807) is 4.90 Å². The first-order chi connectivity index (χ1) is 10.7. The maximum atomic E-state index is 12.1. The smallest absolute Gasteiger partial charge is 0.409 e. The molecule has 3 N–H and O–H groups in total. The van der Waals surface area contributed by atoms with E-state index in [1.165, 1.54) is 0 Å². The highest BCUT2D eigenvalue weighted by atomic mass is 16.6. The summed E-state index contributed by atoms with van der Waals surface area (Å²) in [6.07, 6.45) is 7.31. The highest BCUT2D eigenvalue weighted by Gasteiger charge is 2.31. The van der Waals surface area contributed by atoms with E-state index in [4.69, 9.17) is 10.5 Å². The number of amides is 2. The molecule has 1 aliphatic rings. The number of nitrogens with zero attached hydrogens (tertiary/aromatic N) is 1. The van der Waals surface area contributed by atoms with E-state index in [0.29, 0.717) is 26.1 Å². The van der Waals surface area contributed by atoms with Gasteiger partial charge in [-0.05, 0) is 32.2 Å². The Bertz CT molecular complexity index is 337. The van der Waals surface area contributed by atoms with Crippen molar-refractivity contribution in [1.29, 1.82) is 0 Å². The average Bonchev–Trinajstić information content (AvgIpc) is 2.95. The molecule has 0 aromatic rings. The monoisotopic (exact) mass is 313 g/mol. The summed E-state index contributed by atoms with van der Waals surface area (Å²) in [7, 11) is 0. The van der Waals surface area contributed by atoms with Gasteiger partial charge in [-0.2, -0.15) is 0 Å². The van der Waals surface area contributed by atoms with Crippen molar-refractivity contribution < 1.29 is 14.3 Å². The van der Waals surface area contributed by atoms with E-state index in [0.717, 1.165) is 51.4 Å². The summed E-state index contributed by atoms with van der Waals surface area (Å²) >= 11 is 0. The first-order valence-corrected chi connectivity index (χ1v) is 8.63. The van der Waals surface area contributed by atoms with Crippen LogP contribution < -0.4 is 11.1 Å². The van der Waals surface area contributed by atoms with Crippen LogP contribution in [-0.4, -0.2) is 42.8 Å². The fourth-order valence-electron chi connectivity index (χ4n) is 2.62. The predicted molar refractivity (Wildman–Crippen MR) is 86.3 cm³/mol. The number of unbranched alkanes of at least 4 members (excludes halogenated alkanes) is 4. The van der Waals surface area contributed by atoms with Gasteiger partial charge in [0, 0.05) is 25.9 Å². The number of carbonyl (C=O) groups is 2. The second-order valence-electron chi connectivity index (χ2n) is 5.82. The Morgan fingerprint density at radius 2 is 2.05 bits per heavy atom. The lowest BCUT2D eigenvalue weighted by Gasteiger charge is -2.24. The fraction of sp³-hybridized carbons (Fsp3) is 0.875. The van der Waals surface area contributed by atoms with E-state index < -0.39 is 12.3 Å². The van der Waals surface area contributed by atoms with Crippen LogP contribution in [0, 0.1) is 0 Å². The molecule has 1 rings (SSSR count). The first-order valence-electron chi connectivity index (χ1n) is 8.63. The van der Waals surface area contributed by atoms with Gasteiger partial charge in [-0.25, -0.2) is 4.79 Å². The summed E-state index contributed by atoms with van der Waals surface area (Å²) in [5.41, 5.74) is 5.42. The third kappa shape index (κ3) is 7.11. The number of carbonyl (C=O) groups excluding carboxylic acids is 2. The van der Waals surface area contributed by atoms with Crippen LogP contribution in [0.2, 0.25) is 0 Å². The molecule has 128 valence electrons. The minimum absolute atomic E-state index is 0.103. The van der Waals surface area contributed by atoms with E-state index >= 15 is 0 Å². The molecule has 6 heteroatoms. The number of alkyl carbamates (subject to hydrolysis) is 1. The third-order valence-corrected chi connectivity index (χ3v) is 3.91. The topological polar surface area (TPSA) is 84.7 Å². The maximum Gasteiger partial charge on any atom is 0.409 e. The van der Waals surface area contributed by atoms with Crippen LogP contribution in [0.25, 0.3) is 0 Å². The fourth-order valence-corrected chi connectivity index (χ4v) is 2.62. The second kappa shape index (κ2) is 11.3. The number of ether oxygens (including phenoxy) is 1. The van der Waals surface area contributed by atoms with Crippen molar-refractivity contribution in [2.24, 2.45) is 5.73 Å². The summed E-state index contributed by atoms with van der Waals surface area (Å²) in [5.74, 6) is 0.103. The van der Waals surface area contributed by atoms with Crippen LogP contribution in [0.15, 0.2) is 0 Å². The Kier molecular flexibility index (Phi) is 9.62. The van der Waals surface area contributed by atoms with Crippen LogP contribution in [0.3, 0.4) is 0 Å². The van der Waals surface area contributed by atoms with Crippen LogP contribution >= 0.6 is 0 Å². The molecule has 1 aliphatic heterocycles. The van der Waals surface area contributed by atoms with Crippen molar-refractivity contribution in [1.82, 2.24) is 10.2 Å². The minimum atomic E-state index is -0.425. The highest BCUT2D eigenvalue weighted by molar-refractivity contribution is 5.77. The number of nitrogens with one attached hydrogen (secondary N) is 1. The van der Waals surface area contributed by atoms with E-state index in [1.807, 2.05) is 0 Å². The van der Waals surface area contributed by atoms with Gasteiger partial charge in [0.2, 0.25) is 5.91 Å². The van der Waals surface area contributed by atoms with Crippen molar-refractivity contribution in [3.63, 3.8) is 0 Å². The van der Waals surface area contributed by atoms with Gasteiger partial charge in [0.25, 0.3) is 0 Å². The lowest BCUT2D eigenvalue weighted by atomic mass is 10.2. The molecule has 0 aromatic heterocycles. The molecule has 0 spiro atoms. The molecule has 1 fully saturated rings. The zero-order valence-corrected chi connectivity index (χ0v) is 13.8. The number of nitrogens with two attached hydrogens (primary N) is 1. The molecule has 0 saturated carbocycles. The van der Waals surface area contributed by atoms with Crippen LogP contribution in [-0.2, 0) is 9.53 Å². The molecule has 0 aromatic carbocycles. The quantitative estimate of drug-likeness (QED) is 0.606. The van der Waals surface area contributed by atoms with Crippen LogP contribution in [0.5, 0.6) is 0 Å². The third-order valence-electron chi connectivity index (χ3n) is 3.91. The molecular weight excluding hydrogens is 282 g/mol. The molecule has 22 heavy (non-hydrogen) atoms. The van der Waals surface area contributed by atoms with Crippen molar-refractivity contribution in [2.75, 3.05) is 19.6 Å². The molecule has 0 unspecified atom stereocenters. The van der Waals surface area contributed by atoms with Gasteiger partial charge in [-0.1, -0.05) is 26.2 Å². The lowest BCUT2D eigenvalue weighted by Crippen LogP contribution is -2.40. The van der Waals surface area contributed by atoms with Gasteiger partial charge in [0.1, 0.15) is 0 Å². The summed E-state index contributed by atoms with van der Waals surface area (Å²) < 4.78 is 5.39. The van der Waals surface area contributed by atoms with E-state index in [9.17, 15) is 9.59 Å². The Morgan fingerprint density at radius 1 is 1.23 bits per heavy atom. The highest BCUT2D eigenvalue weighted by Crippen LogP contribution is 2.20. The van der Waals surface area contributed by atoms with E-state index in [2.05, 4.69) is 12.2 Å². The summed E-state index contributed by atoms with van der Waals surface area (Å²) in [4.78, 5) is 25.6. The summed E-state index contributed by atoms with van der Waals surface area (Å²) in [6, 6.07) is 0. The molecular formula is C16H31N3O3. The van der Waals surface area contributed by atoms with Crippen LogP contribution in [0.4, 0.5) is 4.79 Å². The van der Waals surface area contributed by atoms with Gasteiger partial charge in [-0.3, -0.25) is 4.79 Å². The van der Waals surface area contributed by atoms with Crippen molar-refractivity contribution in [3.8, 4) is 0 Å². The molecule has 2 amide bonds. The number of rotatable bonds is 10. The molecule has 0 bridgehead atoms. The van der Waals surface area contributed by atoms with Crippen molar-refractivity contribution in [2.45, 2.75) is 70.9 Å². The molecule has 1 saturated heterocycles. The van der Waals surface area contributed by atoms with E-state index in [-0.39, 0.29) is 5.91 Å². The van der Waals surface area contributed by atoms with Crippen molar-refractivity contribution >= 4 is 12.0 Å². The molecule has 0 aliphatic carbocycles. The van der Waals surface area contributed by atoms with Gasteiger partial charge < -0.3 is 20.7 Å². The largest absolute Gasteiger partial charge is 0.425 e. The Hall–Kier alpha value is -1.30. The van der Waals surface area contributed by atoms with Crippen molar-refractivity contribution in [3.05, 3.63) is 0 Å². The lowest BCUT2D eigenvalue weighted by molar-refractivity contribution is -0.138. The standard InChI is InChI=1S/C16H31N3O3/c1-2-3-5-9-14(20)19-13-8-10-15(19)22-16(21)18-12-7-4-6-11-17/h15H,2-13,17H2,1H3,(H,18,21)/t15-/m1/s1.